The largest absolute Gasteiger partial charge is 0.497 e. The van der Waals surface area contributed by atoms with Gasteiger partial charge in [0.1, 0.15) is 23.5 Å². The van der Waals surface area contributed by atoms with Crippen molar-refractivity contribution in [3.05, 3.63) is 58.8 Å². The first-order chi connectivity index (χ1) is 12.2. The summed E-state index contributed by atoms with van der Waals surface area (Å²) in [4.78, 5) is 8.62. The number of hydrogen-bond acceptors (Lipinski definition) is 6. The van der Waals surface area contributed by atoms with Crippen molar-refractivity contribution < 1.29 is 9.47 Å². The van der Waals surface area contributed by atoms with E-state index in [0.717, 1.165) is 32.9 Å². The lowest BCUT2D eigenvalue weighted by atomic mass is 10.2. The normalized spacial score (nSPS) is 12.1. The molecule has 2 aromatic carbocycles. The summed E-state index contributed by atoms with van der Waals surface area (Å²) in [5.74, 6) is 2.59. The zero-order valence-corrected chi connectivity index (χ0v) is 15.0. The molecule has 0 fully saturated rings. The number of nitrogens with zero attached hydrogens (tertiary/aromatic N) is 2. The molecule has 6 nitrogen and oxygen atoms in total. The fourth-order valence-corrected chi connectivity index (χ4v) is 2.99. The van der Waals surface area contributed by atoms with E-state index >= 15 is 0 Å². The summed E-state index contributed by atoms with van der Waals surface area (Å²) in [5, 5.41) is 6.66. The fraction of sp³-hybridized carbons (Fsp3) is 0.111. The molecule has 0 aliphatic carbocycles. The standard InChI is InChI=1S/C18H15BrN4O2/c1-24-14-6-5-11-9-20-16-17(23-13-4-2-3-12(19)7-13)21-10-22-18(16)25-15(11)8-14/h2-8,10,20H,9H2,1H3,(H,21,22,23). The van der Waals surface area contributed by atoms with Crippen molar-refractivity contribution >= 4 is 33.1 Å². The molecule has 1 aliphatic heterocycles. The minimum absolute atomic E-state index is 0.472. The third-order valence-corrected chi connectivity index (χ3v) is 4.33. The van der Waals surface area contributed by atoms with Gasteiger partial charge in [-0.1, -0.05) is 22.0 Å². The second-order valence-electron chi connectivity index (χ2n) is 5.47. The van der Waals surface area contributed by atoms with E-state index in [1.807, 2.05) is 42.5 Å². The minimum atomic E-state index is 0.472. The average Bonchev–Trinajstić information content (AvgIpc) is 2.81. The number of ether oxygens (including phenoxy) is 2. The van der Waals surface area contributed by atoms with Crippen molar-refractivity contribution in [1.82, 2.24) is 9.97 Å². The maximum atomic E-state index is 6.00. The third-order valence-electron chi connectivity index (χ3n) is 3.84. The summed E-state index contributed by atoms with van der Waals surface area (Å²) in [5.41, 5.74) is 2.66. The van der Waals surface area contributed by atoms with E-state index in [9.17, 15) is 0 Å². The van der Waals surface area contributed by atoms with Crippen LogP contribution in [-0.2, 0) is 6.54 Å². The van der Waals surface area contributed by atoms with Crippen LogP contribution >= 0.6 is 15.9 Å². The molecule has 0 amide bonds. The van der Waals surface area contributed by atoms with Gasteiger partial charge in [-0.2, -0.15) is 4.98 Å². The molecule has 25 heavy (non-hydrogen) atoms. The van der Waals surface area contributed by atoms with E-state index in [0.29, 0.717) is 18.2 Å². The molecule has 1 aliphatic rings. The molecule has 0 radical (unpaired) electrons. The lowest BCUT2D eigenvalue weighted by Crippen LogP contribution is -2.04. The number of benzene rings is 2. The lowest BCUT2D eigenvalue weighted by Gasteiger charge is -2.13. The lowest BCUT2D eigenvalue weighted by molar-refractivity contribution is 0.407. The molecule has 2 N–H and O–H groups in total. The second-order valence-corrected chi connectivity index (χ2v) is 6.38. The van der Waals surface area contributed by atoms with Gasteiger partial charge >= 0.3 is 0 Å². The molecule has 0 saturated carbocycles. The summed E-state index contributed by atoms with van der Waals surface area (Å²) in [6.07, 6.45) is 1.48. The summed E-state index contributed by atoms with van der Waals surface area (Å²) in [6, 6.07) is 13.6. The summed E-state index contributed by atoms with van der Waals surface area (Å²) in [7, 11) is 1.63. The van der Waals surface area contributed by atoms with E-state index in [4.69, 9.17) is 9.47 Å². The maximum absolute atomic E-state index is 6.00. The van der Waals surface area contributed by atoms with Crippen molar-refractivity contribution in [3.8, 4) is 17.4 Å². The van der Waals surface area contributed by atoms with E-state index in [-0.39, 0.29) is 0 Å². The monoisotopic (exact) mass is 398 g/mol. The van der Waals surface area contributed by atoms with Crippen LogP contribution in [0.1, 0.15) is 5.56 Å². The van der Waals surface area contributed by atoms with Gasteiger partial charge in [0.05, 0.1) is 7.11 Å². The van der Waals surface area contributed by atoms with Gasteiger partial charge in [-0.05, 0) is 30.3 Å². The Balaban J connectivity index is 1.69. The van der Waals surface area contributed by atoms with E-state index in [1.54, 1.807) is 7.11 Å². The number of hydrogen-bond donors (Lipinski definition) is 2. The number of rotatable bonds is 3. The number of halogens is 1. The van der Waals surface area contributed by atoms with Crippen LogP contribution in [0.4, 0.5) is 17.2 Å². The molecule has 0 bridgehead atoms. The highest BCUT2D eigenvalue weighted by molar-refractivity contribution is 9.10. The highest BCUT2D eigenvalue weighted by atomic mass is 79.9. The zero-order chi connectivity index (χ0) is 17.2. The predicted molar refractivity (Wildman–Crippen MR) is 99.9 cm³/mol. The SMILES string of the molecule is COc1ccc2c(c1)Oc1ncnc(Nc3cccc(Br)c3)c1NC2. The summed E-state index contributed by atoms with van der Waals surface area (Å²) < 4.78 is 12.3. The predicted octanol–water partition coefficient (Wildman–Crippen LogP) is 4.71. The molecule has 0 spiro atoms. The number of anilines is 3. The Morgan fingerprint density at radius 1 is 1.20 bits per heavy atom. The van der Waals surface area contributed by atoms with Crippen LogP contribution in [0.25, 0.3) is 0 Å². The first-order valence-corrected chi connectivity index (χ1v) is 8.48. The second kappa shape index (κ2) is 6.60. The molecule has 4 rings (SSSR count). The Kier molecular flexibility index (Phi) is 4.15. The van der Waals surface area contributed by atoms with Crippen LogP contribution in [-0.4, -0.2) is 17.1 Å². The molecule has 0 saturated heterocycles. The highest BCUT2D eigenvalue weighted by Gasteiger charge is 2.20. The van der Waals surface area contributed by atoms with E-state index in [2.05, 4.69) is 36.5 Å². The first-order valence-electron chi connectivity index (χ1n) is 7.69. The number of methoxy groups -OCH3 is 1. The van der Waals surface area contributed by atoms with Crippen LogP contribution in [0.5, 0.6) is 17.4 Å². The quantitative estimate of drug-likeness (QED) is 0.665. The van der Waals surface area contributed by atoms with Crippen molar-refractivity contribution in [1.29, 1.82) is 0 Å². The molecule has 1 aromatic heterocycles. The highest BCUT2D eigenvalue weighted by Crippen LogP contribution is 2.39. The van der Waals surface area contributed by atoms with Crippen LogP contribution < -0.4 is 20.1 Å². The van der Waals surface area contributed by atoms with Gasteiger partial charge in [-0.3, -0.25) is 0 Å². The van der Waals surface area contributed by atoms with Gasteiger partial charge in [0.25, 0.3) is 0 Å². The maximum Gasteiger partial charge on any atom is 0.248 e. The first kappa shape index (κ1) is 15.7. The average molecular weight is 399 g/mol. The van der Waals surface area contributed by atoms with Gasteiger partial charge in [0.15, 0.2) is 5.82 Å². The molecule has 0 atom stereocenters. The Bertz CT molecular complexity index is 933. The fourth-order valence-electron chi connectivity index (χ4n) is 2.59. The minimum Gasteiger partial charge on any atom is -0.497 e. The molecular formula is C18H15BrN4O2. The van der Waals surface area contributed by atoms with Gasteiger partial charge in [-0.15, -0.1) is 0 Å². The number of nitrogens with one attached hydrogen (secondary N) is 2. The van der Waals surface area contributed by atoms with Crippen LogP contribution in [0.3, 0.4) is 0 Å². The summed E-state index contributed by atoms with van der Waals surface area (Å²) in [6.45, 7) is 0.604. The van der Waals surface area contributed by atoms with Crippen molar-refractivity contribution in [2.24, 2.45) is 0 Å². The molecule has 3 aromatic rings. The number of fused-ring (bicyclic) bond motifs is 2. The van der Waals surface area contributed by atoms with Gasteiger partial charge < -0.3 is 20.1 Å². The van der Waals surface area contributed by atoms with Crippen molar-refractivity contribution in [3.63, 3.8) is 0 Å². The smallest absolute Gasteiger partial charge is 0.248 e. The van der Waals surface area contributed by atoms with Gasteiger partial charge in [0, 0.05) is 28.3 Å². The van der Waals surface area contributed by atoms with Crippen molar-refractivity contribution in [2.45, 2.75) is 6.54 Å². The van der Waals surface area contributed by atoms with Crippen LogP contribution in [0.15, 0.2) is 53.3 Å². The molecule has 0 unspecified atom stereocenters. The van der Waals surface area contributed by atoms with Gasteiger partial charge in [-0.25, -0.2) is 4.98 Å². The zero-order valence-electron chi connectivity index (χ0n) is 13.4. The molecule has 7 heteroatoms. The summed E-state index contributed by atoms with van der Waals surface area (Å²) >= 11 is 3.47. The van der Waals surface area contributed by atoms with E-state index < -0.39 is 0 Å². The molecule has 126 valence electrons. The van der Waals surface area contributed by atoms with Gasteiger partial charge in [0.2, 0.25) is 5.88 Å². The topological polar surface area (TPSA) is 68.3 Å². The Hall–Kier alpha value is -2.80. The van der Waals surface area contributed by atoms with E-state index in [1.165, 1.54) is 6.33 Å². The Morgan fingerprint density at radius 2 is 2.12 bits per heavy atom. The molecule has 2 heterocycles. The Labute approximate surface area is 153 Å². The molecular weight excluding hydrogens is 384 g/mol. The van der Waals surface area contributed by atoms with Crippen molar-refractivity contribution in [2.75, 3.05) is 17.7 Å². The van der Waals surface area contributed by atoms with Crippen LogP contribution in [0, 0.1) is 0 Å². The number of aromatic nitrogens is 2. The third kappa shape index (κ3) is 3.23. The van der Waals surface area contributed by atoms with Crippen LogP contribution in [0.2, 0.25) is 0 Å². The Morgan fingerprint density at radius 3 is 2.96 bits per heavy atom.